The quantitative estimate of drug-likeness (QED) is 0.636. The normalized spacial score (nSPS) is 16.0. The van der Waals surface area contributed by atoms with Crippen LogP contribution in [0, 0.1) is 19.7 Å². The van der Waals surface area contributed by atoms with Crippen LogP contribution in [0.2, 0.25) is 0 Å². The van der Waals surface area contributed by atoms with Gasteiger partial charge in [-0.1, -0.05) is 6.07 Å². The van der Waals surface area contributed by atoms with Crippen molar-refractivity contribution in [2.24, 2.45) is 0 Å². The molecule has 0 amide bonds. The fourth-order valence-electron chi connectivity index (χ4n) is 5.14. The molecule has 0 atom stereocenters. The maximum absolute atomic E-state index is 13.4. The molecule has 2 aliphatic heterocycles. The monoisotopic (exact) mass is 450 g/mol. The summed E-state index contributed by atoms with van der Waals surface area (Å²) in [4.78, 5) is 28.5. The highest BCUT2D eigenvalue weighted by Crippen LogP contribution is 2.31. The predicted molar refractivity (Wildman–Crippen MR) is 132 cm³/mol. The van der Waals surface area contributed by atoms with Gasteiger partial charge >= 0.3 is 0 Å². The first-order valence-electron chi connectivity index (χ1n) is 11.4. The summed E-state index contributed by atoms with van der Waals surface area (Å²) in [6.45, 7) is 11.6. The van der Waals surface area contributed by atoms with Crippen molar-refractivity contribution in [3.8, 4) is 0 Å². The second kappa shape index (κ2) is 9.75. The number of fused-ring (bicyclic) bond motifs is 3. The van der Waals surface area contributed by atoms with Crippen molar-refractivity contribution >= 4 is 29.1 Å². The van der Waals surface area contributed by atoms with Gasteiger partial charge in [0, 0.05) is 55.9 Å². The number of hydrogen-bond donors (Lipinski definition) is 2. The van der Waals surface area contributed by atoms with E-state index in [0.29, 0.717) is 0 Å². The van der Waals surface area contributed by atoms with E-state index in [4.69, 9.17) is 4.79 Å². The Labute approximate surface area is 193 Å². The van der Waals surface area contributed by atoms with E-state index in [1.165, 1.54) is 11.1 Å². The molecule has 1 saturated heterocycles. The van der Waals surface area contributed by atoms with E-state index in [1.54, 1.807) is 12.1 Å². The van der Waals surface area contributed by atoms with Crippen molar-refractivity contribution < 1.29 is 9.18 Å². The average molecular weight is 451 g/mol. The number of aromatic nitrogens is 1. The van der Waals surface area contributed by atoms with Crippen LogP contribution >= 0.6 is 0 Å². The van der Waals surface area contributed by atoms with Crippen LogP contribution < -0.4 is 15.8 Å². The number of aromatic amines is 1. The Bertz CT molecular complexity index is 1220. The summed E-state index contributed by atoms with van der Waals surface area (Å²) in [7, 11) is 0. The second-order valence-electron chi connectivity index (χ2n) is 8.87. The molecule has 3 aromatic rings. The Morgan fingerprint density at radius 1 is 1.03 bits per heavy atom. The lowest BCUT2D eigenvalue weighted by atomic mass is 9.97. The van der Waals surface area contributed by atoms with Gasteiger partial charge in [-0.15, -0.1) is 0 Å². The first kappa shape index (κ1) is 23.0. The Balaban J connectivity index is 0.00000126. The number of carbonyl (C=O) groups is 1. The summed E-state index contributed by atoms with van der Waals surface area (Å²) in [5.74, 6) is -0.180. The fraction of sp³-hybridized carbons (Fsp3) is 0.385. The van der Waals surface area contributed by atoms with Crippen molar-refractivity contribution in [1.82, 2.24) is 9.88 Å². The summed E-state index contributed by atoms with van der Waals surface area (Å²) >= 11 is 0. The molecule has 2 N–H and O–H groups in total. The van der Waals surface area contributed by atoms with E-state index in [0.717, 1.165) is 85.5 Å². The van der Waals surface area contributed by atoms with Crippen LogP contribution in [0.25, 0.3) is 10.9 Å². The largest absolute Gasteiger partial charge is 0.384 e. The van der Waals surface area contributed by atoms with E-state index in [9.17, 15) is 9.18 Å². The van der Waals surface area contributed by atoms with Crippen LogP contribution in [0.4, 0.5) is 15.8 Å². The number of carbonyl (C=O) groups excluding carboxylic acids is 1. The molecule has 33 heavy (non-hydrogen) atoms. The molecule has 1 aromatic heterocycles. The summed E-state index contributed by atoms with van der Waals surface area (Å²) in [6.07, 6.45) is 1.84. The molecular formula is C26H31FN4O2. The van der Waals surface area contributed by atoms with Crippen molar-refractivity contribution in [1.29, 1.82) is 0 Å². The number of H-pyrrole nitrogens is 1. The Morgan fingerprint density at radius 3 is 2.52 bits per heavy atom. The minimum Gasteiger partial charge on any atom is -0.384 e. The van der Waals surface area contributed by atoms with Crippen LogP contribution in [0.5, 0.6) is 0 Å². The average Bonchev–Trinajstić information content (AvgIpc) is 2.81. The molecule has 6 nitrogen and oxygen atoms in total. The van der Waals surface area contributed by atoms with Gasteiger partial charge in [0.25, 0.3) is 5.56 Å². The first-order chi connectivity index (χ1) is 16.0. The number of nitrogens with zero attached hydrogens (tertiary/aromatic N) is 2. The van der Waals surface area contributed by atoms with Gasteiger partial charge in [0.15, 0.2) is 0 Å². The molecule has 0 radical (unpaired) electrons. The fourth-order valence-corrected chi connectivity index (χ4v) is 5.14. The predicted octanol–water partition coefficient (Wildman–Crippen LogP) is 3.78. The number of rotatable bonds is 3. The summed E-state index contributed by atoms with van der Waals surface area (Å²) < 4.78 is 13.4. The number of aryl methyl sites for hydroxylation is 2. The van der Waals surface area contributed by atoms with Gasteiger partial charge < -0.3 is 20.0 Å². The van der Waals surface area contributed by atoms with E-state index in [1.807, 2.05) is 19.8 Å². The van der Waals surface area contributed by atoms with Crippen molar-refractivity contribution in [2.45, 2.75) is 33.2 Å². The number of hydrogen-bond acceptors (Lipinski definition) is 5. The number of anilines is 2. The molecule has 0 saturated carbocycles. The van der Waals surface area contributed by atoms with Crippen LogP contribution in [-0.4, -0.2) is 49.4 Å². The minimum absolute atomic E-state index is 0.0366. The van der Waals surface area contributed by atoms with Crippen molar-refractivity contribution in [2.75, 3.05) is 42.9 Å². The zero-order chi connectivity index (χ0) is 23.5. The zero-order valence-electron chi connectivity index (χ0n) is 19.3. The van der Waals surface area contributed by atoms with E-state index < -0.39 is 0 Å². The summed E-state index contributed by atoms with van der Waals surface area (Å²) in [5.41, 5.74) is 7.41. The van der Waals surface area contributed by atoms with Crippen LogP contribution in [0.1, 0.15) is 28.7 Å². The third kappa shape index (κ3) is 4.64. The highest BCUT2D eigenvalue weighted by atomic mass is 19.1. The topological polar surface area (TPSA) is 68.4 Å². The Kier molecular flexibility index (Phi) is 6.79. The molecule has 2 aliphatic rings. The molecule has 1 fully saturated rings. The number of piperazine rings is 1. The van der Waals surface area contributed by atoms with Gasteiger partial charge in [-0.05, 0) is 67.6 Å². The summed E-state index contributed by atoms with van der Waals surface area (Å²) in [6, 6.07) is 9.43. The molecule has 0 bridgehead atoms. The van der Waals surface area contributed by atoms with Gasteiger partial charge in [0.2, 0.25) is 0 Å². The molecule has 0 spiro atoms. The third-order valence-corrected chi connectivity index (χ3v) is 6.65. The van der Waals surface area contributed by atoms with Crippen LogP contribution in [0.15, 0.2) is 35.1 Å². The number of benzene rings is 2. The molecule has 0 aliphatic carbocycles. The van der Waals surface area contributed by atoms with Gasteiger partial charge in [0.1, 0.15) is 12.6 Å². The highest BCUT2D eigenvalue weighted by molar-refractivity contribution is 5.96. The van der Waals surface area contributed by atoms with E-state index in [2.05, 4.69) is 39.2 Å². The standard InChI is InChI=1S/C25H29FN4O.CH2O/c1-16-13-19(26)5-6-22(16)30-10-8-29(9-11-30)15-18-12-17(2)23-21(14-18)28-25(31)20-4-3-7-27-24(20)23;1-2/h5-6,12-14,27H,3-4,7-11,15H2,1-2H3,(H,28,31);1H2. The highest BCUT2D eigenvalue weighted by Gasteiger charge is 2.21. The van der Waals surface area contributed by atoms with E-state index in [-0.39, 0.29) is 11.4 Å². The molecular weight excluding hydrogens is 419 g/mol. The van der Waals surface area contributed by atoms with Crippen molar-refractivity contribution in [3.63, 3.8) is 0 Å². The lowest BCUT2D eigenvalue weighted by molar-refractivity contribution is -0.0979. The number of halogens is 1. The number of nitrogens with one attached hydrogen (secondary N) is 2. The zero-order valence-corrected chi connectivity index (χ0v) is 19.3. The van der Waals surface area contributed by atoms with Crippen molar-refractivity contribution in [3.05, 3.63) is 68.8 Å². The molecule has 174 valence electrons. The molecule has 0 unspecified atom stereocenters. The van der Waals surface area contributed by atoms with Gasteiger partial charge in [-0.25, -0.2) is 4.39 Å². The molecule has 5 rings (SSSR count). The Hall–Kier alpha value is -3.19. The van der Waals surface area contributed by atoms with Crippen LogP contribution in [0.3, 0.4) is 0 Å². The third-order valence-electron chi connectivity index (χ3n) is 6.65. The first-order valence-corrected chi connectivity index (χ1v) is 11.4. The van der Waals surface area contributed by atoms with Gasteiger partial charge in [-0.3, -0.25) is 9.69 Å². The second-order valence-corrected chi connectivity index (χ2v) is 8.87. The smallest absolute Gasteiger partial charge is 0.253 e. The molecule has 7 heteroatoms. The number of pyridine rings is 1. The van der Waals surface area contributed by atoms with Gasteiger partial charge in [0.05, 0.1) is 11.2 Å². The summed E-state index contributed by atoms with van der Waals surface area (Å²) in [5, 5.41) is 4.60. The van der Waals surface area contributed by atoms with Crippen LogP contribution in [-0.2, 0) is 17.8 Å². The SMILES string of the molecule is C=O.Cc1cc(F)ccc1N1CCN(Cc2cc(C)c3c4c(c(=O)[nH]c3c2)CCCN4)CC1. The maximum atomic E-state index is 13.4. The Morgan fingerprint density at radius 2 is 1.79 bits per heavy atom. The lowest BCUT2D eigenvalue weighted by Gasteiger charge is -2.37. The maximum Gasteiger partial charge on any atom is 0.253 e. The minimum atomic E-state index is -0.180. The molecule has 3 heterocycles. The van der Waals surface area contributed by atoms with Gasteiger partial charge in [-0.2, -0.15) is 0 Å². The lowest BCUT2D eigenvalue weighted by Crippen LogP contribution is -2.46. The molecule has 2 aromatic carbocycles. The van der Waals surface area contributed by atoms with E-state index >= 15 is 0 Å².